The van der Waals surface area contributed by atoms with Crippen LogP contribution in [0.25, 0.3) is 0 Å². The maximum absolute atomic E-state index is 11.2. The number of ether oxygens (including phenoxy) is 1. The van der Waals surface area contributed by atoms with E-state index in [9.17, 15) is 4.79 Å². The second kappa shape index (κ2) is 5.40. The van der Waals surface area contributed by atoms with Crippen molar-refractivity contribution in [2.75, 3.05) is 6.54 Å². The maximum Gasteiger partial charge on any atom is 0.314 e. The molecule has 0 atom stereocenters. The summed E-state index contributed by atoms with van der Waals surface area (Å²) in [5.41, 5.74) is 6.28. The first-order valence-electron chi connectivity index (χ1n) is 4.47. The summed E-state index contributed by atoms with van der Waals surface area (Å²) in [5.74, 6) is 0.220. The van der Waals surface area contributed by atoms with Crippen LogP contribution < -0.4 is 5.73 Å². The van der Waals surface area contributed by atoms with Gasteiger partial charge in [-0.3, -0.25) is 4.79 Å². The molecule has 75 valence electrons. The summed E-state index contributed by atoms with van der Waals surface area (Å²) in [6.45, 7) is 2.22. The van der Waals surface area contributed by atoms with Gasteiger partial charge in [0.25, 0.3) is 0 Å². The van der Waals surface area contributed by atoms with E-state index < -0.39 is 0 Å². The Balaban J connectivity index is 2.38. The molecule has 0 aliphatic heterocycles. The molecule has 0 saturated carbocycles. The van der Waals surface area contributed by atoms with Crippen LogP contribution in [-0.4, -0.2) is 12.5 Å². The zero-order valence-corrected chi connectivity index (χ0v) is 8.19. The molecule has 1 aromatic carbocycles. The largest absolute Gasteiger partial charge is 0.460 e. The summed E-state index contributed by atoms with van der Waals surface area (Å²) in [6.07, 6.45) is 0. The summed E-state index contributed by atoms with van der Waals surface area (Å²) in [4.78, 5) is 11.2. The number of nitrogens with two attached hydrogens (primary N) is 1. The van der Waals surface area contributed by atoms with Crippen LogP contribution in [0.1, 0.15) is 12.5 Å². The van der Waals surface area contributed by atoms with Crippen LogP contribution in [0.4, 0.5) is 0 Å². The van der Waals surface area contributed by atoms with Crippen LogP contribution in [0.15, 0.2) is 30.3 Å². The molecular weight excluding hydrogens is 178 g/mol. The Morgan fingerprint density at radius 2 is 2.00 bits per heavy atom. The van der Waals surface area contributed by atoms with E-state index in [0.717, 1.165) is 5.56 Å². The first kappa shape index (κ1) is 10.7. The number of hydrogen-bond acceptors (Lipinski definition) is 3. The molecule has 0 aliphatic carbocycles. The molecule has 0 heterocycles. The van der Waals surface area contributed by atoms with Crippen molar-refractivity contribution in [3.63, 3.8) is 0 Å². The first-order chi connectivity index (χ1) is 6.74. The van der Waals surface area contributed by atoms with Crippen LogP contribution >= 0.6 is 0 Å². The molecular formula is C11H14NO2. The summed E-state index contributed by atoms with van der Waals surface area (Å²) in [7, 11) is 0. The van der Waals surface area contributed by atoms with Gasteiger partial charge in [-0.25, -0.2) is 0 Å². The van der Waals surface area contributed by atoms with Gasteiger partial charge in [-0.15, -0.1) is 0 Å². The zero-order chi connectivity index (χ0) is 10.4. The van der Waals surface area contributed by atoms with E-state index in [1.165, 1.54) is 0 Å². The van der Waals surface area contributed by atoms with Crippen LogP contribution in [0.5, 0.6) is 0 Å². The van der Waals surface area contributed by atoms with E-state index in [4.69, 9.17) is 10.5 Å². The highest BCUT2D eigenvalue weighted by Crippen LogP contribution is 2.04. The van der Waals surface area contributed by atoms with Crippen molar-refractivity contribution < 1.29 is 9.53 Å². The standard InChI is InChI=1S/C11H14NO2/c1-9(7-12)11(13)14-8-10-5-3-2-4-6-10/h2-6H,7-8,12H2,1H3. The van der Waals surface area contributed by atoms with Gasteiger partial charge in [0.1, 0.15) is 6.61 Å². The smallest absolute Gasteiger partial charge is 0.314 e. The average Bonchev–Trinajstić information content (AvgIpc) is 2.26. The van der Waals surface area contributed by atoms with Gasteiger partial charge >= 0.3 is 5.97 Å². The summed E-state index contributed by atoms with van der Waals surface area (Å²) in [5, 5.41) is 0. The van der Waals surface area contributed by atoms with Gasteiger partial charge in [-0.1, -0.05) is 30.3 Å². The van der Waals surface area contributed by atoms with Crippen LogP contribution in [0.3, 0.4) is 0 Å². The van der Waals surface area contributed by atoms with Gasteiger partial charge in [0, 0.05) is 6.54 Å². The molecule has 3 nitrogen and oxygen atoms in total. The fourth-order valence-electron chi connectivity index (χ4n) is 0.930. The highest BCUT2D eigenvalue weighted by molar-refractivity contribution is 5.84. The highest BCUT2D eigenvalue weighted by Gasteiger charge is 2.12. The molecule has 0 aliphatic rings. The maximum atomic E-state index is 11.2. The third-order valence-electron chi connectivity index (χ3n) is 1.87. The third kappa shape index (κ3) is 3.18. The first-order valence-corrected chi connectivity index (χ1v) is 4.47. The molecule has 0 aromatic heterocycles. The molecule has 0 unspecified atom stereocenters. The van der Waals surface area contributed by atoms with Gasteiger partial charge in [0.05, 0.1) is 5.92 Å². The van der Waals surface area contributed by atoms with Crippen LogP contribution in [0, 0.1) is 5.92 Å². The zero-order valence-electron chi connectivity index (χ0n) is 8.19. The fraction of sp³-hybridized carbons (Fsp3) is 0.273. The second-order valence-corrected chi connectivity index (χ2v) is 3.05. The van der Waals surface area contributed by atoms with E-state index >= 15 is 0 Å². The number of hydrogen-bond donors (Lipinski definition) is 1. The fourth-order valence-corrected chi connectivity index (χ4v) is 0.930. The van der Waals surface area contributed by atoms with Crippen molar-refractivity contribution in [2.24, 2.45) is 5.73 Å². The molecule has 0 spiro atoms. The lowest BCUT2D eigenvalue weighted by atomic mass is 10.2. The van der Waals surface area contributed by atoms with Crippen molar-refractivity contribution >= 4 is 5.97 Å². The number of carbonyl (C=O) groups excluding carboxylic acids is 1. The van der Waals surface area contributed by atoms with Gasteiger partial charge < -0.3 is 10.5 Å². The van der Waals surface area contributed by atoms with E-state index in [0.29, 0.717) is 12.5 Å². The number of carbonyl (C=O) groups is 1. The Morgan fingerprint density at radius 1 is 1.36 bits per heavy atom. The van der Waals surface area contributed by atoms with Crippen molar-refractivity contribution in [3.05, 3.63) is 41.8 Å². The quantitative estimate of drug-likeness (QED) is 0.731. The monoisotopic (exact) mass is 192 g/mol. The topological polar surface area (TPSA) is 52.3 Å². The van der Waals surface area contributed by atoms with Gasteiger partial charge in [0.2, 0.25) is 0 Å². The molecule has 1 radical (unpaired) electrons. The lowest BCUT2D eigenvalue weighted by Gasteiger charge is -2.08. The Morgan fingerprint density at radius 3 is 2.57 bits per heavy atom. The number of rotatable bonds is 4. The van der Waals surface area contributed by atoms with E-state index in [2.05, 4.69) is 0 Å². The minimum absolute atomic E-state index is 0.244. The Kier molecular flexibility index (Phi) is 4.13. The molecule has 0 fully saturated rings. The normalized spacial score (nSPS) is 10.2. The Labute approximate surface area is 83.9 Å². The molecule has 3 heteroatoms. The molecule has 14 heavy (non-hydrogen) atoms. The SMILES string of the molecule is C[C](CN)C(=O)OCc1ccccc1. The van der Waals surface area contributed by atoms with Crippen LogP contribution in [0.2, 0.25) is 0 Å². The Hall–Kier alpha value is -1.35. The highest BCUT2D eigenvalue weighted by atomic mass is 16.5. The second-order valence-electron chi connectivity index (χ2n) is 3.05. The van der Waals surface area contributed by atoms with Crippen LogP contribution in [-0.2, 0) is 16.1 Å². The molecule has 0 bridgehead atoms. The van der Waals surface area contributed by atoms with E-state index in [-0.39, 0.29) is 12.5 Å². The van der Waals surface area contributed by atoms with Crippen molar-refractivity contribution in [2.45, 2.75) is 13.5 Å². The van der Waals surface area contributed by atoms with Gasteiger partial charge in [-0.2, -0.15) is 0 Å². The average molecular weight is 192 g/mol. The summed E-state index contributed by atoms with van der Waals surface area (Å²) in [6, 6.07) is 9.55. The Bertz CT molecular complexity index is 285. The molecule has 1 rings (SSSR count). The lowest BCUT2D eigenvalue weighted by molar-refractivity contribution is -0.142. The minimum atomic E-state index is -0.323. The third-order valence-corrected chi connectivity index (χ3v) is 1.87. The van der Waals surface area contributed by atoms with Crippen molar-refractivity contribution in [3.8, 4) is 0 Å². The minimum Gasteiger partial charge on any atom is -0.460 e. The van der Waals surface area contributed by atoms with Gasteiger partial charge in [0.15, 0.2) is 0 Å². The predicted octanol–water partition coefficient (Wildman–Crippen LogP) is 1.28. The van der Waals surface area contributed by atoms with E-state index in [1.807, 2.05) is 30.3 Å². The van der Waals surface area contributed by atoms with Gasteiger partial charge in [-0.05, 0) is 12.5 Å². The summed E-state index contributed by atoms with van der Waals surface area (Å²) < 4.78 is 5.02. The number of esters is 1. The van der Waals surface area contributed by atoms with Crippen molar-refractivity contribution in [1.29, 1.82) is 0 Å². The summed E-state index contributed by atoms with van der Waals surface area (Å²) >= 11 is 0. The number of benzene rings is 1. The lowest BCUT2D eigenvalue weighted by Crippen LogP contribution is -2.20. The van der Waals surface area contributed by atoms with E-state index in [1.54, 1.807) is 6.92 Å². The molecule has 0 amide bonds. The molecule has 0 saturated heterocycles. The molecule has 1 aromatic rings. The molecule has 2 N–H and O–H groups in total. The predicted molar refractivity (Wildman–Crippen MR) is 54.2 cm³/mol. The van der Waals surface area contributed by atoms with Crippen molar-refractivity contribution in [1.82, 2.24) is 0 Å².